The summed E-state index contributed by atoms with van der Waals surface area (Å²) in [7, 11) is 3.16. The first-order valence-corrected chi connectivity index (χ1v) is 13.4. The standard InChI is InChI=1S/C28H26N4O5S2/c1-17-6-4-11-31-25(17)30-24(29-16-19-7-5-13-37-19)20(26(31)33)15-23-27(34)32(28(38)39-23)12-10-18-8-9-21(35-2)22(14-18)36-3/h4-9,11,13-15,29H,10,12,16H2,1-3H3. The number of thioether (sulfide) groups is 1. The lowest BCUT2D eigenvalue weighted by Gasteiger charge is -2.15. The second-order valence-electron chi connectivity index (χ2n) is 8.77. The highest BCUT2D eigenvalue weighted by molar-refractivity contribution is 8.26. The fourth-order valence-electron chi connectivity index (χ4n) is 4.26. The maximum atomic E-state index is 13.6. The average molecular weight is 563 g/mol. The molecule has 4 heterocycles. The number of amides is 1. The zero-order valence-electron chi connectivity index (χ0n) is 21.6. The van der Waals surface area contributed by atoms with Crippen LogP contribution in [0.5, 0.6) is 11.5 Å². The summed E-state index contributed by atoms with van der Waals surface area (Å²) in [6, 6.07) is 12.9. The average Bonchev–Trinajstić information content (AvgIpc) is 3.56. The zero-order chi connectivity index (χ0) is 27.5. The second kappa shape index (κ2) is 11.3. The minimum atomic E-state index is -0.291. The van der Waals surface area contributed by atoms with Crippen molar-refractivity contribution in [3.63, 3.8) is 0 Å². The van der Waals surface area contributed by atoms with Gasteiger partial charge in [0.05, 0.1) is 37.5 Å². The second-order valence-corrected chi connectivity index (χ2v) is 10.4. The molecule has 1 aliphatic heterocycles. The molecule has 1 fully saturated rings. The molecule has 0 radical (unpaired) electrons. The molecule has 11 heteroatoms. The summed E-state index contributed by atoms with van der Waals surface area (Å²) < 4.78 is 18.0. The molecule has 0 aliphatic carbocycles. The van der Waals surface area contributed by atoms with Crippen LogP contribution in [0, 0.1) is 6.92 Å². The molecule has 9 nitrogen and oxygen atoms in total. The molecular formula is C28H26N4O5S2. The Morgan fingerprint density at radius 1 is 1.13 bits per heavy atom. The Kier molecular flexibility index (Phi) is 7.71. The summed E-state index contributed by atoms with van der Waals surface area (Å²) in [5.41, 5.74) is 2.33. The first kappa shape index (κ1) is 26.5. The smallest absolute Gasteiger partial charge is 0.267 e. The first-order chi connectivity index (χ1) is 18.9. The Hall–Kier alpha value is -4.09. The number of nitrogens with one attached hydrogen (secondary N) is 1. The molecule has 1 aliphatic rings. The summed E-state index contributed by atoms with van der Waals surface area (Å²) in [4.78, 5) is 33.6. The third kappa shape index (κ3) is 5.41. The molecule has 1 aromatic carbocycles. The largest absolute Gasteiger partial charge is 0.493 e. The van der Waals surface area contributed by atoms with Crippen LogP contribution in [0.2, 0.25) is 0 Å². The van der Waals surface area contributed by atoms with Gasteiger partial charge in [-0.3, -0.25) is 18.9 Å². The number of rotatable bonds is 9. The van der Waals surface area contributed by atoms with Crippen LogP contribution in [-0.4, -0.2) is 45.3 Å². The lowest BCUT2D eigenvalue weighted by atomic mass is 10.1. The number of methoxy groups -OCH3 is 2. The summed E-state index contributed by atoms with van der Waals surface area (Å²) >= 11 is 6.70. The Balaban J connectivity index is 1.44. The van der Waals surface area contributed by atoms with E-state index in [0.29, 0.717) is 57.5 Å². The molecule has 39 heavy (non-hydrogen) atoms. The van der Waals surface area contributed by atoms with E-state index in [0.717, 1.165) is 11.1 Å². The number of ether oxygens (including phenoxy) is 2. The highest BCUT2D eigenvalue weighted by Crippen LogP contribution is 2.34. The van der Waals surface area contributed by atoms with Crippen molar-refractivity contribution in [1.29, 1.82) is 0 Å². The number of anilines is 1. The number of furan rings is 1. The van der Waals surface area contributed by atoms with Crippen LogP contribution in [0.3, 0.4) is 0 Å². The van der Waals surface area contributed by atoms with Crippen LogP contribution in [0.4, 0.5) is 5.82 Å². The van der Waals surface area contributed by atoms with Gasteiger partial charge in [-0.1, -0.05) is 36.1 Å². The van der Waals surface area contributed by atoms with Crippen molar-refractivity contribution in [2.24, 2.45) is 0 Å². The lowest BCUT2D eigenvalue weighted by molar-refractivity contribution is -0.122. The van der Waals surface area contributed by atoms with Crippen LogP contribution >= 0.6 is 24.0 Å². The fraction of sp³-hybridized carbons (Fsp3) is 0.214. The molecule has 0 bridgehead atoms. The van der Waals surface area contributed by atoms with Gasteiger partial charge in [0.25, 0.3) is 11.5 Å². The van der Waals surface area contributed by atoms with Gasteiger partial charge in [0.1, 0.15) is 21.5 Å². The summed E-state index contributed by atoms with van der Waals surface area (Å²) in [5, 5.41) is 3.20. The van der Waals surface area contributed by atoms with Gasteiger partial charge in [0, 0.05) is 12.7 Å². The van der Waals surface area contributed by atoms with Gasteiger partial charge >= 0.3 is 0 Å². The van der Waals surface area contributed by atoms with Gasteiger partial charge in [0.15, 0.2) is 11.5 Å². The number of aromatic nitrogens is 2. The van der Waals surface area contributed by atoms with E-state index in [1.807, 2.05) is 37.3 Å². The van der Waals surface area contributed by atoms with E-state index in [2.05, 4.69) is 5.32 Å². The number of benzene rings is 1. The number of thiocarbonyl (C=S) groups is 1. The third-order valence-corrected chi connectivity index (χ3v) is 7.69. The lowest BCUT2D eigenvalue weighted by Crippen LogP contribution is -2.30. The van der Waals surface area contributed by atoms with Gasteiger partial charge in [-0.2, -0.15) is 0 Å². The molecule has 1 amide bonds. The van der Waals surface area contributed by atoms with Crippen LogP contribution < -0.4 is 20.3 Å². The van der Waals surface area contributed by atoms with Crippen molar-refractivity contribution in [3.8, 4) is 11.5 Å². The van der Waals surface area contributed by atoms with E-state index in [4.69, 9.17) is 31.1 Å². The van der Waals surface area contributed by atoms with Crippen LogP contribution in [0.15, 0.2) is 69.0 Å². The van der Waals surface area contributed by atoms with E-state index >= 15 is 0 Å². The maximum absolute atomic E-state index is 13.6. The molecular weight excluding hydrogens is 536 g/mol. The number of hydrogen-bond acceptors (Lipinski definition) is 9. The van der Waals surface area contributed by atoms with Gasteiger partial charge < -0.3 is 19.2 Å². The minimum Gasteiger partial charge on any atom is -0.493 e. The molecule has 3 aromatic heterocycles. The van der Waals surface area contributed by atoms with Gasteiger partial charge in [0.2, 0.25) is 0 Å². The molecule has 5 rings (SSSR count). The molecule has 0 unspecified atom stereocenters. The van der Waals surface area contributed by atoms with Crippen molar-refractivity contribution in [3.05, 3.63) is 92.6 Å². The van der Waals surface area contributed by atoms with Crippen molar-refractivity contribution >= 4 is 51.7 Å². The SMILES string of the molecule is COc1ccc(CCN2C(=O)C(=Cc3c(NCc4ccco4)nc4c(C)cccn4c3=O)SC2=S)cc1OC. The van der Waals surface area contributed by atoms with E-state index in [1.165, 1.54) is 16.2 Å². The Labute approximate surface area is 234 Å². The molecule has 200 valence electrons. The number of nitrogens with zero attached hydrogens (tertiary/aromatic N) is 3. The molecule has 4 aromatic rings. The molecule has 0 spiro atoms. The predicted octanol–water partition coefficient (Wildman–Crippen LogP) is 4.67. The van der Waals surface area contributed by atoms with Crippen molar-refractivity contribution < 1.29 is 18.7 Å². The molecule has 1 saturated heterocycles. The third-order valence-electron chi connectivity index (χ3n) is 6.32. The van der Waals surface area contributed by atoms with Crippen LogP contribution in [0.1, 0.15) is 22.5 Å². The van der Waals surface area contributed by atoms with Gasteiger partial charge in [-0.05, 0) is 60.9 Å². The highest BCUT2D eigenvalue weighted by Gasteiger charge is 2.32. The minimum absolute atomic E-state index is 0.254. The van der Waals surface area contributed by atoms with Crippen LogP contribution in [-0.2, 0) is 17.8 Å². The fourth-order valence-corrected chi connectivity index (χ4v) is 5.55. The van der Waals surface area contributed by atoms with Crippen molar-refractivity contribution in [2.75, 3.05) is 26.1 Å². The summed E-state index contributed by atoms with van der Waals surface area (Å²) in [5.74, 6) is 2.05. The normalized spacial score (nSPS) is 14.4. The summed E-state index contributed by atoms with van der Waals surface area (Å²) in [6.45, 7) is 2.60. The van der Waals surface area contributed by atoms with Gasteiger partial charge in [-0.25, -0.2) is 4.98 Å². The van der Waals surface area contributed by atoms with Crippen LogP contribution in [0.25, 0.3) is 11.7 Å². The number of hydrogen-bond donors (Lipinski definition) is 1. The van der Waals surface area contributed by atoms with Crippen molar-refractivity contribution in [2.45, 2.75) is 19.9 Å². The monoisotopic (exact) mass is 562 g/mol. The zero-order valence-corrected chi connectivity index (χ0v) is 23.2. The van der Waals surface area contributed by atoms with Gasteiger partial charge in [-0.15, -0.1) is 0 Å². The molecule has 0 saturated carbocycles. The Morgan fingerprint density at radius 3 is 2.69 bits per heavy atom. The number of pyridine rings is 1. The van der Waals surface area contributed by atoms with E-state index in [-0.39, 0.29) is 17.0 Å². The predicted molar refractivity (Wildman–Crippen MR) is 155 cm³/mol. The highest BCUT2D eigenvalue weighted by atomic mass is 32.2. The van der Waals surface area contributed by atoms with E-state index < -0.39 is 0 Å². The topological polar surface area (TPSA) is 98.3 Å². The molecule has 1 N–H and O–H groups in total. The number of fused-ring (bicyclic) bond motifs is 1. The van der Waals surface area contributed by atoms with E-state index in [9.17, 15) is 9.59 Å². The number of carbonyl (C=O) groups excluding carboxylic acids is 1. The summed E-state index contributed by atoms with van der Waals surface area (Å²) in [6.07, 6.45) is 5.39. The first-order valence-electron chi connectivity index (χ1n) is 12.1. The number of aryl methyl sites for hydroxylation is 1. The number of carbonyl (C=O) groups is 1. The van der Waals surface area contributed by atoms with Crippen molar-refractivity contribution in [1.82, 2.24) is 14.3 Å². The Bertz CT molecular complexity index is 1650. The van der Waals surface area contributed by atoms with E-state index in [1.54, 1.807) is 49.8 Å². The Morgan fingerprint density at radius 2 is 1.95 bits per heavy atom. The maximum Gasteiger partial charge on any atom is 0.267 e. The molecule has 0 atom stereocenters. The quantitative estimate of drug-likeness (QED) is 0.231.